The van der Waals surface area contributed by atoms with E-state index in [-0.39, 0.29) is 5.91 Å². The fraction of sp³-hybridized carbons (Fsp3) is 0.500. The van der Waals surface area contributed by atoms with E-state index in [4.69, 9.17) is 5.11 Å². The van der Waals surface area contributed by atoms with Gasteiger partial charge in [-0.1, -0.05) is 0 Å². The van der Waals surface area contributed by atoms with Gasteiger partial charge < -0.3 is 10.4 Å². The van der Waals surface area contributed by atoms with Crippen LogP contribution in [-0.2, 0) is 16.1 Å². The molecule has 0 spiro atoms. The minimum absolute atomic E-state index is 0.382. The fourth-order valence-corrected chi connectivity index (χ4v) is 1.55. The highest BCUT2D eigenvalue weighted by Gasteiger charge is 2.56. The van der Waals surface area contributed by atoms with Crippen LogP contribution in [0.1, 0.15) is 12.8 Å². The molecule has 1 fully saturated rings. The molecule has 0 atom stereocenters. The van der Waals surface area contributed by atoms with Crippen molar-refractivity contribution in [2.45, 2.75) is 19.4 Å². The topological polar surface area (TPSA) is 84.2 Å². The summed E-state index contributed by atoms with van der Waals surface area (Å²) in [6.45, 7) is 0.948. The predicted octanol–water partition coefficient (Wildman–Crippen LogP) is -0.136. The molecule has 0 saturated heterocycles. The number of aliphatic carboxylic acids is 1. The highest BCUT2D eigenvalue weighted by Crippen LogP contribution is 2.45. The molecule has 1 aliphatic carbocycles. The maximum atomic E-state index is 11.6. The van der Waals surface area contributed by atoms with Crippen molar-refractivity contribution in [1.29, 1.82) is 0 Å². The molecule has 1 saturated carbocycles. The minimum atomic E-state index is -1.15. The van der Waals surface area contributed by atoms with Gasteiger partial charge in [-0.15, -0.1) is 0 Å². The van der Waals surface area contributed by atoms with Gasteiger partial charge in [-0.2, -0.15) is 5.10 Å². The van der Waals surface area contributed by atoms with Crippen LogP contribution in [0, 0.1) is 5.41 Å². The van der Waals surface area contributed by atoms with E-state index in [2.05, 4.69) is 10.4 Å². The van der Waals surface area contributed by atoms with E-state index >= 15 is 0 Å². The molecule has 86 valence electrons. The molecular formula is C10H13N3O3. The smallest absolute Gasteiger partial charge is 0.319 e. The first-order chi connectivity index (χ1) is 7.65. The number of hydrogen-bond donors (Lipinski definition) is 2. The molecule has 0 bridgehead atoms. The molecule has 0 radical (unpaired) electrons. The Morgan fingerprint density at radius 1 is 1.50 bits per heavy atom. The van der Waals surface area contributed by atoms with E-state index in [1.807, 2.05) is 0 Å². The van der Waals surface area contributed by atoms with Crippen LogP contribution in [0.5, 0.6) is 0 Å². The molecule has 16 heavy (non-hydrogen) atoms. The summed E-state index contributed by atoms with van der Waals surface area (Å²) in [5, 5.41) is 15.5. The molecule has 6 nitrogen and oxygen atoms in total. The predicted molar refractivity (Wildman–Crippen MR) is 54.5 cm³/mol. The number of carboxylic acid groups (broad SMARTS) is 1. The summed E-state index contributed by atoms with van der Waals surface area (Å²) in [6, 6.07) is 1.79. The number of nitrogens with one attached hydrogen (secondary N) is 1. The summed E-state index contributed by atoms with van der Waals surface area (Å²) in [4.78, 5) is 22.4. The van der Waals surface area contributed by atoms with E-state index in [0.717, 1.165) is 0 Å². The molecule has 0 unspecified atom stereocenters. The summed E-state index contributed by atoms with van der Waals surface area (Å²) in [6.07, 6.45) is 4.32. The Bertz CT molecular complexity index is 395. The molecule has 2 N–H and O–H groups in total. The molecule has 1 aromatic heterocycles. The van der Waals surface area contributed by atoms with E-state index in [9.17, 15) is 9.59 Å². The van der Waals surface area contributed by atoms with Crippen molar-refractivity contribution in [3.8, 4) is 0 Å². The normalized spacial score (nSPS) is 16.8. The van der Waals surface area contributed by atoms with E-state index in [1.54, 1.807) is 23.1 Å². The second kappa shape index (κ2) is 3.96. The molecular weight excluding hydrogens is 210 g/mol. The van der Waals surface area contributed by atoms with Crippen molar-refractivity contribution in [3.63, 3.8) is 0 Å². The monoisotopic (exact) mass is 223 g/mol. The average Bonchev–Trinajstić information content (AvgIpc) is 2.92. The number of aromatic nitrogens is 2. The zero-order valence-corrected chi connectivity index (χ0v) is 8.72. The second-order valence-electron chi connectivity index (χ2n) is 3.91. The van der Waals surface area contributed by atoms with Crippen LogP contribution in [0.4, 0.5) is 0 Å². The third-order valence-electron chi connectivity index (χ3n) is 2.78. The van der Waals surface area contributed by atoms with Gasteiger partial charge in [-0.25, -0.2) is 0 Å². The van der Waals surface area contributed by atoms with Crippen molar-refractivity contribution >= 4 is 11.9 Å². The Labute approximate surface area is 92.3 Å². The number of carbonyl (C=O) groups is 2. The third kappa shape index (κ3) is 1.91. The van der Waals surface area contributed by atoms with Gasteiger partial charge in [0.1, 0.15) is 5.41 Å². The van der Waals surface area contributed by atoms with E-state index in [1.165, 1.54) is 0 Å². The largest absolute Gasteiger partial charge is 0.480 e. The van der Waals surface area contributed by atoms with Crippen molar-refractivity contribution in [2.75, 3.05) is 6.54 Å². The summed E-state index contributed by atoms with van der Waals surface area (Å²) in [5.74, 6) is -1.41. The summed E-state index contributed by atoms with van der Waals surface area (Å²) >= 11 is 0. The molecule has 1 amide bonds. The molecule has 1 heterocycles. The minimum Gasteiger partial charge on any atom is -0.480 e. The molecule has 0 aliphatic heterocycles. The van der Waals surface area contributed by atoms with Crippen LogP contribution in [0.25, 0.3) is 0 Å². The van der Waals surface area contributed by atoms with Crippen molar-refractivity contribution in [2.24, 2.45) is 5.41 Å². The number of carbonyl (C=O) groups excluding carboxylic acids is 1. The van der Waals surface area contributed by atoms with Gasteiger partial charge in [0.25, 0.3) is 0 Å². The summed E-state index contributed by atoms with van der Waals surface area (Å²) in [5.41, 5.74) is -1.15. The molecule has 0 aromatic carbocycles. The van der Waals surface area contributed by atoms with Crippen molar-refractivity contribution in [3.05, 3.63) is 18.5 Å². The quantitative estimate of drug-likeness (QED) is 0.681. The molecule has 2 rings (SSSR count). The van der Waals surface area contributed by atoms with Crippen LogP contribution < -0.4 is 5.32 Å². The van der Waals surface area contributed by atoms with Crippen LogP contribution in [0.15, 0.2) is 18.5 Å². The Morgan fingerprint density at radius 3 is 2.75 bits per heavy atom. The molecule has 1 aromatic rings. The summed E-state index contributed by atoms with van der Waals surface area (Å²) < 4.78 is 1.68. The average molecular weight is 223 g/mol. The Kier molecular flexibility index (Phi) is 2.64. The third-order valence-corrected chi connectivity index (χ3v) is 2.78. The zero-order chi connectivity index (χ0) is 11.6. The first kappa shape index (κ1) is 10.7. The van der Waals surface area contributed by atoms with E-state index in [0.29, 0.717) is 25.9 Å². The van der Waals surface area contributed by atoms with Gasteiger partial charge in [0, 0.05) is 18.9 Å². The highest BCUT2D eigenvalue weighted by molar-refractivity contribution is 6.04. The van der Waals surface area contributed by atoms with Crippen LogP contribution >= 0.6 is 0 Å². The number of amides is 1. The number of carboxylic acids is 1. The lowest BCUT2D eigenvalue weighted by Gasteiger charge is -2.10. The standard InChI is InChI=1S/C10H13N3O3/c14-8(10(2-3-10)9(15)16)11-5-7-13-6-1-4-12-13/h1,4,6H,2-3,5,7H2,(H,11,14)(H,15,16). The van der Waals surface area contributed by atoms with Gasteiger partial charge in [0.15, 0.2) is 0 Å². The first-order valence-electron chi connectivity index (χ1n) is 5.14. The number of rotatable bonds is 5. The second-order valence-corrected chi connectivity index (χ2v) is 3.91. The number of hydrogen-bond acceptors (Lipinski definition) is 3. The van der Waals surface area contributed by atoms with Gasteiger partial charge in [-0.05, 0) is 18.9 Å². The van der Waals surface area contributed by atoms with Gasteiger partial charge >= 0.3 is 5.97 Å². The van der Waals surface area contributed by atoms with Crippen molar-refractivity contribution in [1.82, 2.24) is 15.1 Å². The molecule has 6 heteroatoms. The van der Waals surface area contributed by atoms with Crippen LogP contribution in [0.2, 0.25) is 0 Å². The Morgan fingerprint density at radius 2 is 2.25 bits per heavy atom. The van der Waals surface area contributed by atoms with E-state index < -0.39 is 11.4 Å². The van der Waals surface area contributed by atoms with Crippen molar-refractivity contribution < 1.29 is 14.7 Å². The first-order valence-corrected chi connectivity index (χ1v) is 5.14. The number of nitrogens with zero attached hydrogens (tertiary/aromatic N) is 2. The summed E-state index contributed by atoms with van der Waals surface area (Å²) in [7, 11) is 0. The Hall–Kier alpha value is -1.85. The van der Waals surface area contributed by atoms with Crippen LogP contribution in [0.3, 0.4) is 0 Å². The van der Waals surface area contributed by atoms with Crippen LogP contribution in [-0.4, -0.2) is 33.3 Å². The van der Waals surface area contributed by atoms with Gasteiger partial charge in [0.2, 0.25) is 5.91 Å². The fourth-order valence-electron chi connectivity index (χ4n) is 1.55. The Balaban J connectivity index is 1.79. The zero-order valence-electron chi connectivity index (χ0n) is 8.72. The maximum Gasteiger partial charge on any atom is 0.319 e. The highest BCUT2D eigenvalue weighted by atomic mass is 16.4. The maximum absolute atomic E-state index is 11.6. The lowest BCUT2D eigenvalue weighted by Crippen LogP contribution is -2.38. The lowest BCUT2D eigenvalue weighted by atomic mass is 10.1. The van der Waals surface area contributed by atoms with Gasteiger partial charge in [-0.3, -0.25) is 14.3 Å². The lowest BCUT2D eigenvalue weighted by molar-refractivity contribution is -0.149. The SMILES string of the molecule is O=C(O)C1(C(=O)NCCn2cccn2)CC1. The molecule has 1 aliphatic rings. The van der Waals surface area contributed by atoms with Gasteiger partial charge in [0.05, 0.1) is 6.54 Å².